The SMILES string of the molecule is Fc1cc2[nH]c(CCc3ccco3)nc2cc1Br. The standard InChI is InChI=1S/C13H10BrFN2O/c14-9-6-11-12(7-10(9)15)17-13(16-11)4-3-8-2-1-5-18-8/h1-2,5-7H,3-4H2,(H,16,17). The van der Waals surface area contributed by atoms with E-state index >= 15 is 0 Å². The fourth-order valence-corrected chi connectivity index (χ4v) is 2.20. The predicted molar refractivity (Wildman–Crippen MR) is 69.9 cm³/mol. The lowest BCUT2D eigenvalue weighted by Crippen LogP contribution is -1.91. The van der Waals surface area contributed by atoms with Crippen molar-refractivity contribution in [1.29, 1.82) is 0 Å². The van der Waals surface area contributed by atoms with Crippen LogP contribution in [0, 0.1) is 5.82 Å². The third-order valence-corrected chi connectivity index (χ3v) is 3.37. The number of fused-ring (bicyclic) bond motifs is 1. The summed E-state index contributed by atoms with van der Waals surface area (Å²) in [6.45, 7) is 0. The molecule has 5 heteroatoms. The molecule has 0 atom stereocenters. The number of nitrogens with one attached hydrogen (secondary N) is 1. The summed E-state index contributed by atoms with van der Waals surface area (Å²) in [5, 5.41) is 0. The van der Waals surface area contributed by atoms with E-state index in [1.807, 2.05) is 12.1 Å². The maximum atomic E-state index is 13.4. The van der Waals surface area contributed by atoms with Crippen LogP contribution in [0.2, 0.25) is 0 Å². The van der Waals surface area contributed by atoms with Crippen molar-refractivity contribution in [2.45, 2.75) is 12.8 Å². The van der Waals surface area contributed by atoms with Crippen LogP contribution in [-0.4, -0.2) is 9.97 Å². The van der Waals surface area contributed by atoms with Crippen molar-refractivity contribution in [3.05, 3.63) is 52.4 Å². The second kappa shape index (κ2) is 4.57. The van der Waals surface area contributed by atoms with Gasteiger partial charge in [0.1, 0.15) is 17.4 Å². The molecule has 2 aromatic heterocycles. The summed E-state index contributed by atoms with van der Waals surface area (Å²) in [6, 6.07) is 6.92. The average Bonchev–Trinajstić information content (AvgIpc) is 2.96. The first-order valence-electron chi connectivity index (χ1n) is 5.58. The maximum Gasteiger partial charge on any atom is 0.139 e. The number of aromatic nitrogens is 2. The zero-order valence-corrected chi connectivity index (χ0v) is 11.0. The molecule has 0 fully saturated rings. The number of hydrogen-bond acceptors (Lipinski definition) is 2. The number of aryl methyl sites for hydroxylation is 2. The van der Waals surface area contributed by atoms with Crippen molar-refractivity contribution in [3.63, 3.8) is 0 Å². The fourth-order valence-electron chi connectivity index (χ4n) is 1.87. The summed E-state index contributed by atoms with van der Waals surface area (Å²) in [7, 11) is 0. The topological polar surface area (TPSA) is 41.8 Å². The quantitative estimate of drug-likeness (QED) is 0.798. The fraction of sp³-hybridized carbons (Fsp3) is 0.154. The minimum Gasteiger partial charge on any atom is -0.469 e. The number of imidazole rings is 1. The van der Waals surface area contributed by atoms with Crippen LogP contribution in [0.25, 0.3) is 11.0 Å². The zero-order chi connectivity index (χ0) is 12.5. The van der Waals surface area contributed by atoms with E-state index in [1.54, 1.807) is 12.3 Å². The van der Waals surface area contributed by atoms with Crippen LogP contribution in [0.15, 0.2) is 39.4 Å². The molecule has 0 radical (unpaired) electrons. The predicted octanol–water partition coefficient (Wildman–Crippen LogP) is 3.84. The summed E-state index contributed by atoms with van der Waals surface area (Å²) in [5.41, 5.74) is 1.47. The monoisotopic (exact) mass is 308 g/mol. The molecule has 0 aliphatic heterocycles. The molecule has 0 saturated carbocycles. The summed E-state index contributed by atoms with van der Waals surface area (Å²) in [5.74, 6) is 1.46. The van der Waals surface area contributed by atoms with Crippen molar-refractivity contribution in [2.75, 3.05) is 0 Å². The van der Waals surface area contributed by atoms with Crippen LogP contribution in [0.4, 0.5) is 4.39 Å². The van der Waals surface area contributed by atoms with Gasteiger partial charge in [0.2, 0.25) is 0 Å². The molecule has 0 aliphatic carbocycles. The Morgan fingerprint density at radius 1 is 1.33 bits per heavy atom. The Balaban J connectivity index is 1.85. The molecule has 18 heavy (non-hydrogen) atoms. The Hall–Kier alpha value is -1.62. The molecule has 3 nitrogen and oxygen atoms in total. The molecule has 0 unspecified atom stereocenters. The largest absolute Gasteiger partial charge is 0.469 e. The lowest BCUT2D eigenvalue weighted by molar-refractivity contribution is 0.507. The van der Waals surface area contributed by atoms with Crippen molar-refractivity contribution < 1.29 is 8.81 Å². The number of halogens is 2. The van der Waals surface area contributed by atoms with Gasteiger partial charge in [-0.3, -0.25) is 0 Å². The Morgan fingerprint density at radius 2 is 2.22 bits per heavy atom. The second-order valence-corrected chi connectivity index (χ2v) is 4.90. The van der Waals surface area contributed by atoms with Crippen molar-refractivity contribution in [2.24, 2.45) is 0 Å². The summed E-state index contributed by atoms with van der Waals surface area (Å²) in [4.78, 5) is 7.53. The van der Waals surface area contributed by atoms with Crippen LogP contribution in [0.5, 0.6) is 0 Å². The van der Waals surface area contributed by atoms with Gasteiger partial charge in [-0.15, -0.1) is 0 Å². The van der Waals surface area contributed by atoms with E-state index in [9.17, 15) is 4.39 Å². The minimum atomic E-state index is -0.288. The minimum absolute atomic E-state index is 0.288. The van der Waals surface area contributed by atoms with E-state index in [4.69, 9.17) is 4.42 Å². The summed E-state index contributed by atoms with van der Waals surface area (Å²) >= 11 is 3.15. The van der Waals surface area contributed by atoms with E-state index in [0.717, 1.165) is 29.9 Å². The number of aromatic amines is 1. The van der Waals surface area contributed by atoms with Crippen LogP contribution < -0.4 is 0 Å². The number of rotatable bonds is 3. The number of benzene rings is 1. The summed E-state index contributed by atoms with van der Waals surface area (Å²) < 4.78 is 19.0. The zero-order valence-electron chi connectivity index (χ0n) is 9.41. The molecular formula is C13H10BrFN2O. The molecule has 0 amide bonds. The van der Waals surface area contributed by atoms with Gasteiger partial charge in [0, 0.05) is 18.9 Å². The van der Waals surface area contributed by atoms with Gasteiger partial charge in [-0.2, -0.15) is 0 Å². The Morgan fingerprint density at radius 3 is 3.00 bits per heavy atom. The lowest BCUT2D eigenvalue weighted by atomic mass is 10.2. The molecule has 0 saturated heterocycles. The van der Waals surface area contributed by atoms with Crippen LogP contribution in [0.1, 0.15) is 11.6 Å². The Bertz CT molecular complexity index is 637. The molecular weight excluding hydrogens is 299 g/mol. The number of furan rings is 1. The Kier molecular flexibility index (Phi) is 2.91. The third kappa shape index (κ3) is 2.18. The molecule has 0 bridgehead atoms. The molecule has 92 valence electrons. The number of hydrogen-bond donors (Lipinski definition) is 1. The first kappa shape index (κ1) is 11.5. The molecule has 3 aromatic rings. The van der Waals surface area contributed by atoms with Crippen LogP contribution in [0.3, 0.4) is 0 Å². The third-order valence-electron chi connectivity index (χ3n) is 2.76. The van der Waals surface area contributed by atoms with Crippen LogP contribution in [-0.2, 0) is 12.8 Å². The van der Waals surface area contributed by atoms with Gasteiger partial charge < -0.3 is 9.40 Å². The lowest BCUT2D eigenvalue weighted by Gasteiger charge is -1.93. The van der Waals surface area contributed by atoms with Crippen molar-refractivity contribution in [3.8, 4) is 0 Å². The van der Waals surface area contributed by atoms with E-state index in [1.165, 1.54) is 6.07 Å². The molecule has 0 spiro atoms. The molecule has 1 N–H and O–H groups in total. The van der Waals surface area contributed by atoms with E-state index in [2.05, 4.69) is 25.9 Å². The highest BCUT2D eigenvalue weighted by molar-refractivity contribution is 9.10. The molecule has 3 rings (SSSR count). The highest BCUT2D eigenvalue weighted by Crippen LogP contribution is 2.22. The van der Waals surface area contributed by atoms with Crippen LogP contribution >= 0.6 is 15.9 Å². The van der Waals surface area contributed by atoms with Gasteiger partial charge in [-0.05, 0) is 34.1 Å². The van der Waals surface area contributed by atoms with Gasteiger partial charge >= 0.3 is 0 Å². The van der Waals surface area contributed by atoms with Gasteiger partial charge in [0.15, 0.2) is 0 Å². The van der Waals surface area contributed by atoms with Gasteiger partial charge in [0.25, 0.3) is 0 Å². The van der Waals surface area contributed by atoms with E-state index < -0.39 is 0 Å². The van der Waals surface area contributed by atoms with Gasteiger partial charge in [-0.25, -0.2) is 9.37 Å². The average molecular weight is 309 g/mol. The van der Waals surface area contributed by atoms with E-state index in [-0.39, 0.29) is 5.82 Å². The second-order valence-electron chi connectivity index (χ2n) is 4.05. The van der Waals surface area contributed by atoms with E-state index in [0.29, 0.717) is 9.99 Å². The maximum absolute atomic E-state index is 13.4. The first-order chi connectivity index (χ1) is 8.72. The van der Waals surface area contributed by atoms with Gasteiger partial charge in [-0.1, -0.05) is 0 Å². The van der Waals surface area contributed by atoms with Gasteiger partial charge in [0.05, 0.1) is 21.8 Å². The Labute approximate surface area is 111 Å². The molecule has 2 heterocycles. The highest BCUT2D eigenvalue weighted by Gasteiger charge is 2.07. The molecule has 1 aromatic carbocycles. The molecule has 0 aliphatic rings. The normalized spacial score (nSPS) is 11.2. The number of H-pyrrole nitrogens is 1. The van der Waals surface area contributed by atoms with Crippen molar-refractivity contribution >= 4 is 27.0 Å². The summed E-state index contributed by atoms with van der Waals surface area (Å²) in [6.07, 6.45) is 3.17. The number of nitrogens with zero attached hydrogens (tertiary/aromatic N) is 1. The first-order valence-corrected chi connectivity index (χ1v) is 6.38. The van der Waals surface area contributed by atoms with Crippen molar-refractivity contribution in [1.82, 2.24) is 9.97 Å². The smallest absolute Gasteiger partial charge is 0.139 e. The highest BCUT2D eigenvalue weighted by atomic mass is 79.9.